The van der Waals surface area contributed by atoms with Crippen LogP contribution in [-0.4, -0.2) is 156 Å². The minimum Gasteiger partial charge on any atom is -0.490 e. The van der Waals surface area contributed by atoms with E-state index in [-0.39, 0.29) is 81.3 Å². The summed E-state index contributed by atoms with van der Waals surface area (Å²) >= 11 is 0. The first-order chi connectivity index (χ1) is 38.3. The Hall–Kier alpha value is -5.53. The van der Waals surface area contributed by atoms with Crippen molar-refractivity contribution in [3.63, 3.8) is 0 Å². The second-order valence-corrected chi connectivity index (χ2v) is 27.4. The third-order valence-electron chi connectivity index (χ3n) is 16.6. The third-order valence-corrected chi connectivity index (χ3v) is 16.6. The largest absolute Gasteiger partial charge is 0.490 e. The smallest absolute Gasteiger partial charge is 0.413 e. The number of quaternary nitrogens is 3. The maximum absolute atomic E-state index is 15.9. The normalized spacial score (nSPS) is 16.0. The van der Waals surface area contributed by atoms with Gasteiger partial charge in [-0.05, 0) is 115 Å². The van der Waals surface area contributed by atoms with Crippen LogP contribution in [-0.2, 0) is 42.9 Å². The Kier molecular flexibility index (Phi) is 31.6. The van der Waals surface area contributed by atoms with E-state index in [1.807, 2.05) is 48.5 Å². The second kappa shape index (κ2) is 33.8. The van der Waals surface area contributed by atoms with E-state index in [0.29, 0.717) is 69.4 Å². The number of likely N-dealkylation sites (N-methyl/N-ethyl adjacent to an activating group) is 3. The van der Waals surface area contributed by atoms with Crippen LogP contribution in [0.5, 0.6) is 0 Å². The number of nitriles is 1. The number of carbonyl (C=O) groups is 4. The fraction of sp³-hybridized carbons (Fsp3) is 0.800. The quantitative estimate of drug-likeness (QED) is 0.0101. The average molecular weight is 1170 g/mol. The fourth-order valence-electron chi connectivity index (χ4n) is 12.4. The van der Waals surface area contributed by atoms with Gasteiger partial charge in [-0.1, -0.05) is 104 Å². The van der Waals surface area contributed by atoms with Crippen molar-refractivity contribution in [3.8, 4) is 6.07 Å². The highest BCUT2D eigenvalue weighted by molar-refractivity contribution is 5.99. The van der Waals surface area contributed by atoms with Gasteiger partial charge in [0.2, 0.25) is 5.70 Å². The molecule has 0 spiro atoms. The van der Waals surface area contributed by atoms with Crippen LogP contribution in [0.2, 0.25) is 0 Å². The number of ether oxygens (including phenoxy) is 5. The van der Waals surface area contributed by atoms with Crippen LogP contribution in [0.15, 0.2) is 22.8 Å². The average Bonchev–Trinajstić information content (AvgIpc) is 3.57. The summed E-state index contributed by atoms with van der Waals surface area (Å²) in [6, 6.07) is 2.23. The molecule has 0 heterocycles. The summed E-state index contributed by atoms with van der Waals surface area (Å²) in [6.07, 6.45) is 1.07. The lowest BCUT2D eigenvalue weighted by Gasteiger charge is -2.48. The van der Waals surface area contributed by atoms with Crippen molar-refractivity contribution in [2.45, 2.75) is 233 Å². The molecule has 0 aromatic carbocycles. The van der Waals surface area contributed by atoms with Crippen molar-refractivity contribution < 1.29 is 61.4 Å². The standard InChI is InChI=1S/C65H112N8O10/c1-25-50(13)79-55(74)51(39-66)37-64(70-24,46-72(30-6,31-7)42-48(11)35-62(17,18)19)58(77)82-60(81-56(75)52(40-67)44-71(28-4,29-5)41-47(10)34-61(14,15)16)83-59(78)65(45-68,38-54(69-23)57(76)80-53(26-2)27-3)73(32-8,33-9)43-49(12)36-63(20,21)22/h47-50,53,60,66-67H,25-38,41-44,46H2,1-22H3/q+2/p+1/b57-54-. The summed E-state index contributed by atoms with van der Waals surface area (Å²) in [5.41, 5.74) is -6.27. The van der Waals surface area contributed by atoms with Crippen molar-refractivity contribution in [2.24, 2.45) is 34.0 Å². The SMILES string of the molecule is [C-]#[N+]/C(CC(C#N)(C(=O)OC(OC(=O)C(=C=N)C[N+](CC)(CC)CC(C)CC(C)(C)C)OC(=O)C(CC(=C=N)C(=O)OC(C)CC)(C[N+](CC)(CC)CC(C)CC(C)(C)C)[N+]#[C-])[N+](CC)(CC)CC(C)CC(C)(C)C)=C(/O)OC(CC)CC. The number of nitrogens with zero attached hydrogens (tertiary/aromatic N) is 6. The van der Waals surface area contributed by atoms with E-state index in [4.69, 9.17) is 47.6 Å². The van der Waals surface area contributed by atoms with Gasteiger partial charge in [0.15, 0.2) is 12.1 Å². The van der Waals surface area contributed by atoms with Crippen molar-refractivity contribution in [3.05, 3.63) is 45.6 Å². The highest BCUT2D eigenvalue weighted by Crippen LogP contribution is 2.39. The Labute approximate surface area is 502 Å². The second-order valence-electron chi connectivity index (χ2n) is 27.4. The molecule has 0 bridgehead atoms. The van der Waals surface area contributed by atoms with E-state index in [1.165, 1.54) is 0 Å². The van der Waals surface area contributed by atoms with Crippen LogP contribution in [0, 0.1) is 69.3 Å². The van der Waals surface area contributed by atoms with E-state index in [1.54, 1.807) is 27.7 Å². The van der Waals surface area contributed by atoms with Crippen LogP contribution < -0.4 is 0 Å². The first-order valence-corrected chi connectivity index (χ1v) is 30.6. The van der Waals surface area contributed by atoms with E-state index in [2.05, 4.69) is 104 Å². The molecule has 0 radical (unpaired) electrons. The van der Waals surface area contributed by atoms with Crippen LogP contribution >= 0.6 is 0 Å². The summed E-state index contributed by atoms with van der Waals surface area (Å²) < 4.78 is 30.0. The molecule has 0 saturated heterocycles. The molecule has 0 rings (SSSR count). The van der Waals surface area contributed by atoms with Crippen LogP contribution in [0.25, 0.3) is 9.69 Å². The van der Waals surface area contributed by atoms with Crippen LogP contribution in [0.4, 0.5) is 0 Å². The number of carbonyl (C=O) groups excluding carboxylic acids is 4. The van der Waals surface area contributed by atoms with Gasteiger partial charge >= 0.3 is 35.9 Å². The molecule has 0 saturated carbocycles. The lowest BCUT2D eigenvalue weighted by atomic mass is 9.82. The van der Waals surface area contributed by atoms with E-state index >= 15 is 9.59 Å². The van der Waals surface area contributed by atoms with Gasteiger partial charge in [-0.25, -0.2) is 30.6 Å². The summed E-state index contributed by atoms with van der Waals surface area (Å²) in [7, 11) is 0. The molecular formula is C65H113N8O10+3. The van der Waals surface area contributed by atoms with Gasteiger partial charge in [-0.3, -0.25) is 20.1 Å². The molecule has 0 aromatic rings. The Bertz CT molecular complexity index is 2380. The van der Waals surface area contributed by atoms with Gasteiger partial charge in [-0.15, -0.1) is 0 Å². The molecule has 470 valence electrons. The Balaban J connectivity index is 9.10. The lowest BCUT2D eigenvalue weighted by Crippen LogP contribution is -2.69. The highest BCUT2D eigenvalue weighted by Gasteiger charge is 2.62. The van der Waals surface area contributed by atoms with Crippen molar-refractivity contribution in [1.82, 2.24) is 0 Å². The first kappa shape index (κ1) is 77.5. The third kappa shape index (κ3) is 23.5. The fourth-order valence-corrected chi connectivity index (χ4v) is 12.4. The predicted octanol–water partition coefficient (Wildman–Crippen LogP) is 12.9. The van der Waals surface area contributed by atoms with E-state index in [9.17, 15) is 20.0 Å². The molecule has 3 N–H and O–H groups in total. The van der Waals surface area contributed by atoms with Crippen LogP contribution in [0.3, 0.4) is 0 Å². The number of hydrogen-bond donors (Lipinski definition) is 3. The molecule has 0 aliphatic rings. The topological polar surface area (TPSA) is 215 Å². The number of aliphatic hydroxyl groups excluding tert-OH is 1. The number of hydrogen-bond acceptors (Lipinski definition) is 13. The number of esters is 4. The van der Waals surface area contributed by atoms with Crippen LogP contribution in [0.1, 0.15) is 204 Å². The van der Waals surface area contributed by atoms with Gasteiger partial charge in [0.1, 0.15) is 24.3 Å². The predicted molar refractivity (Wildman–Crippen MR) is 327 cm³/mol. The zero-order chi connectivity index (χ0) is 64.6. The number of nitrogens with one attached hydrogen (secondary N) is 2. The molecule has 83 heavy (non-hydrogen) atoms. The molecule has 7 atom stereocenters. The molecule has 0 aromatic heterocycles. The molecule has 18 nitrogen and oxygen atoms in total. The minimum absolute atomic E-state index is 0.00212. The summed E-state index contributed by atoms with van der Waals surface area (Å²) in [5.74, 6) is -1.26. The Morgan fingerprint density at radius 3 is 1.39 bits per heavy atom. The monoisotopic (exact) mass is 1170 g/mol. The molecule has 0 aliphatic carbocycles. The molecule has 0 fully saturated rings. The number of rotatable bonds is 37. The maximum Gasteiger partial charge on any atom is 0.413 e. The molecule has 0 aliphatic heterocycles. The van der Waals surface area contributed by atoms with E-state index < -0.39 is 83.7 Å². The van der Waals surface area contributed by atoms with Crippen molar-refractivity contribution >= 4 is 35.6 Å². The highest BCUT2D eigenvalue weighted by atomic mass is 16.9. The summed E-state index contributed by atoms with van der Waals surface area (Å²) in [6.45, 7) is 61.6. The zero-order valence-electron chi connectivity index (χ0n) is 55.7. The minimum atomic E-state index is -2.66. The number of aliphatic hydroxyl groups is 1. The summed E-state index contributed by atoms with van der Waals surface area (Å²) in [5, 5.41) is 40.2. The zero-order valence-corrected chi connectivity index (χ0v) is 55.7. The van der Waals surface area contributed by atoms with Crippen molar-refractivity contribution in [2.75, 3.05) is 72.0 Å². The van der Waals surface area contributed by atoms with Crippen molar-refractivity contribution in [1.29, 1.82) is 16.1 Å². The van der Waals surface area contributed by atoms with Gasteiger partial charge in [0, 0.05) is 17.8 Å². The maximum atomic E-state index is 15.9. The summed E-state index contributed by atoms with van der Waals surface area (Å²) in [4.78, 5) is 68.0. The lowest BCUT2D eigenvalue weighted by molar-refractivity contribution is -0.959. The first-order valence-electron chi connectivity index (χ1n) is 30.6. The van der Waals surface area contributed by atoms with Gasteiger partial charge in [-0.2, -0.15) is 5.26 Å². The molecular weight excluding hydrogens is 1050 g/mol. The Morgan fingerprint density at radius 1 is 0.578 bits per heavy atom. The van der Waals surface area contributed by atoms with E-state index in [0.717, 1.165) is 12.8 Å². The molecule has 18 heteroatoms. The van der Waals surface area contributed by atoms with Gasteiger partial charge < -0.3 is 37.8 Å². The van der Waals surface area contributed by atoms with Gasteiger partial charge in [0.05, 0.1) is 84.4 Å². The Morgan fingerprint density at radius 2 is 1.01 bits per heavy atom. The molecule has 0 amide bonds. The van der Waals surface area contributed by atoms with Gasteiger partial charge in [0.25, 0.3) is 11.5 Å². The molecule has 7 unspecified atom stereocenters.